The Labute approximate surface area is 270 Å². The fourth-order valence-electron chi connectivity index (χ4n) is 4.95. The second-order valence-corrected chi connectivity index (χ2v) is 14.0. The van der Waals surface area contributed by atoms with Crippen molar-refractivity contribution in [3.05, 3.63) is 126 Å². The number of anilines is 1. The van der Waals surface area contributed by atoms with Crippen LogP contribution in [0.2, 0.25) is 0 Å². The van der Waals surface area contributed by atoms with Crippen LogP contribution < -0.4 is 14.4 Å². The number of halogens is 1. The predicted molar refractivity (Wildman–Crippen MR) is 177 cm³/mol. The summed E-state index contributed by atoms with van der Waals surface area (Å²) in [6.45, 7) is 6.74. The van der Waals surface area contributed by atoms with Crippen molar-refractivity contribution in [3.8, 4) is 5.75 Å². The maximum atomic E-state index is 14.5. The van der Waals surface area contributed by atoms with Crippen molar-refractivity contribution in [2.24, 2.45) is 0 Å². The van der Waals surface area contributed by atoms with Crippen LogP contribution >= 0.6 is 0 Å². The first-order valence-electron chi connectivity index (χ1n) is 14.9. The Bertz CT molecular complexity index is 1740. The van der Waals surface area contributed by atoms with Gasteiger partial charge in [0.2, 0.25) is 11.8 Å². The lowest BCUT2D eigenvalue weighted by Gasteiger charge is -2.35. The Morgan fingerprint density at radius 1 is 0.870 bits per heavy atom. The van der Waals surface area contributed by atoms with E-state index in [1.54, 1.807) is 30.3 Å². The summed E-state index contributed by atoms with van der Waals surface area (Å²) < 4.78 is 48.5. The summed E-state index contributed by atoms with van der Waals surface area (Å²) in [5.41, 5.74) is 1.87. The molecule has 242 valence electrons. The number of benzene rings is 4. The van der Waals surface area contributed by atoms with Gasteiger partial charge in [-0.15, -0.1) is 0 Å². The minimum atomic E-state index is -4.29. The number of methoxy groups -OCH3 is 1. The highest BCUT2D eigenvalue weighted by molar-refractivity contribution is 7.92. The van der Waals surface area contributed by atoms with Crippen LogP contribution in [-0.2, 0) is 32.6 Å². The Morgan fingerprint density at radius 2 is 1.50 bits per heavy atom. The van der Waals surface area contributed by atoms with Crippen molar-refractivity contribution in [3.63, 3.8) is 0 Å². The van der Waals surface area contributed by atoms with Gasteiger partial charge in [0.25, 0.3) is 10.0 Å². The Morgan fingerprint density at radius 3 is 2.11 bits per heavy atom. The Kier molecular flexibility index (Phi) is 10.8. The summed E-state index contributed by atoms with van der Waals surface area (Å²) in [5.74, 6) is -0.988. The second-order valence-electron chi connectivity index (χ2n) is 12.1. The summed E-state index contributed by atoms with van der Waals surface area (Å²) in [6, 6.07) is 26.6. The minimum Gasteiger partial charge on any atom is -0.497 e. The summed E-state index contributed by atoms with van der Waals surface area (Å²) in [6.07, 6.45) is 0.180. The molecule has 10 heteroatoms. The highest BCUT2D eigenvalue weighted by Gasteiger charge is 2.35. The van der Waals surface area contributed by atoms with Gasteiger partial charge in [0.15, 0.2) is 0 Å². The third-order valence-electron chi connectivity index (χ3n) is 7.26. The highest BCUT2D eigenvalue weighted by Crippen LogP contribution is 2.26. The van der Waals surface area contributed by atoms with Crippen LogP contribution in [0.3, 0.4) is 0 Å². The van der Waals surface area contributed by atoms with Crippen LogP contribution in [0.25, 0.3) is 0 Å². The number of hydrogen-bond acceptors (Lipinski definition) is 5. The van der Waals surface area contributed by atoms with Gasteiger partial charge in [-0.2, -0.15) is 0 Å². The SMILES string of the molecule is COc1cccc(CN(C(=O)CN(c2ccc(F)cc2)S(=O)(=O)c2ccc(C)cc2)[C@H](Cc2ccccc2)C(=O)NC(C)(C)C)c1. The molecule has 0 heterocycles. The second kappa shape index (κ2) is 14.6. The first-order valence-corrected chi connectivity index (χ1v) is 16.3. The molecule has 4 rings (SSSR count). The molecule has 0 fully saturated rings. The van der Waals surface area contributed by atoms with Gasteiger partial charge in [0.1, 0.15) is 24.2 Å². The molecular weight excluding hydrogens is 605 g/mol. The largest absolute Gasteiger partial charge is 0.497 e. The third kappa shape index (κ3) is 8.94. The zero-order chi connectivity index (χ0) is 33.5. The number of nitrogens with zero attached hydrogens (tertiary/aromatic N) is 2. The van der Waals surface area contributed by atoms with Crippen LogP contribution in [0.4, 0.5) is 10.1 Å². The standard InChI is InChI=1S/C36H40FN3O5S/c1-26-14-20-32(21-15-26)46(43,44)40(30-18-16-29(37)17-19-30)25-34(41)39(24-28-12-9-13-31(22-28)45-5)33(35(42)38-36(2,3)4)23-27-10-7-6-8-11-27/h6-22,33H,23-25H2,1-5H3,(H,38,42)/t33-/m1/s1. The maximum absolute atomic E-state index is 14.5. The van der Waals surface area contributed by atoms with Gasteiger partial charge >= 0.3 is 0 Å². The highest BCUT2D eigenvalue weighted by atomic mass is 32.2. The molecule has 0 bridgehead atoms. The Hall–Kier alpha value is -4.70. The molecule has 0 aliphatic carbocycles. The van der Waals surface area contributed by atoms with Gasteiger partial charge < -0.3 is 15.0 Å². The number of carbonyl (C=O) groups excluding carboxylic acids is 2. The maximum Gasteiger partial charge on any atom is 0.264 e. The molecule has 0 unspecified atom stereocenters. The summed E-state index contributed by atoms with van der Waals surface area (Å²) >= 11 is 0. The van der Waals surface area contributed by atoms with E-state index in [4.69, 9.17) is 4.74 Å². The van der Waals surface area contributed by atoms with E-state index in [1.807, 2.05) is 64.1 Å². The van der Waals surface area contributed by atoms with Crippen LogP contribution in [0.15, 0.2) is 108 Å². The smallest absolute Gasteiger partial charge is 0.264 e. The van der Waals surface area contributed by atoms with Crippen LogP contribution in [0.5, 0.6) is 5.75 Å². The van der Waals surface area contributed by atoms with E-state index >= 15 is 0 Å². The monoisotopic (exact) mass is 645 g/mol. The molecule has 0 saturated carbocycles. The van der Waals surface area contributed by atoms with Gasteiger partial charge in [-0.1, -0.05) is 60.2 Å². The minimum absolute atomic E-state index is 0.00701. The molecule has 0 spiro atoms. The predicted octanol–water partition coefficient (Wildman–Crippen LogP) is 5.89. The van der Waals surface area contributed by atoms with Gasteiger partial charge in [0.05, 0.1) is 17.7 Å². The topological polar surface area (TPSA) is 96.0 Å². The van der Waals surface area contributed by atoms with E-state index in [2.05, 4.69) is 5.32 Å². The normalized spacial score (nSPS) is 12.2. The number of sulfonamides is 1. The number of ether oxygens (including phenoxy) is 1. The third-order valence-corrected chi connectivity index (χ3v) is 9.05. The van der Waals surface area contributed by atoms with Crippen molar-refractivity contribution >= 4 is 27.5 Å². The summed E-state index contributed by atoms with van der Waals surface area (Å²) in [5, 5.41) is 3.00. The lowest BCUT2D eigenvalue weighted by atomic mass is 10.0. The molecule has 0 aromatic heterocycles. The molecule has 0 radical (unpaired) electrons. The van der Waals surface area contributed by atoms with Crippen molar-refractivity contribution in [1.29, 1.82) is 0 Å². The molecule has 0 aliphatic heterocycles. The zero-order valence-electron chi connectivity index (χ0n) is 26.7. The van der Waals surface area contributed by atoms with E-state index in [1.165, 1.54) is 36.3 Å². The van der Waals surface area contributed by atoms with Crippen molar-refractivity contribution in [2.45, 2.75) is 57.1 Å². The van der Waals surface area contributed by atoms with Crippen LogP contribution in [-0.4, -0.2) is 50.4 Å². The van der Waals surface area contributed by atoms with Gasteiger partial charge in [0, 0.05) is 18.5 Å². The van der Waals surface area contributed by atoms with Gasteiger partial charge in [-0.05, 0) is 87.4 Å². The number of aryl methyl sites for hydroxylation is 1. The van der Waals surface area contributed by atoms with E-state index in [0.29, 0.717) is 11.3 Å². The van der Waals surface area contributed by atoms with Gasteiger partial charge in [-0.25, -0.2) is 12.8 Å². The van der Waals surface area contributed by atoms with E-state index in [9.17, 15) is 22.4 Å². The van der Waals surface area contributed by atoms with Crippen molar-refractivity contribution < 1.29 is 27.1 Å². The fourth-order valence-corrected chi connectivity index (χ4v) is 6.36. The van der Waals surface area contributed by atoms with Crippen LogP contribution in [0.1, 0.15) is 37.5 Å². The molecule has 0 aliphatic rings. The molecule has 1 atom stereocenters. The molecule has 1 N–H and O–H groups in total. The van der Waals surface area contributed by atoms with E-state index in [0.717, 1.165) is 27.6 Å². The quantitative estimate of drug-likeness (QED) is 0.207. The van der Waals surface area contributed by atoms with Crippen molar-refractivity contribution in [2.75, 3.05) is 18.0 Å². The molecule has 4 aromatic rings. The molecule has 4 aromatic carbocycles. The molecule has 46 heavy (non-hydrogen) atoms. The average Bonchev–Trinajstić information content (AvgIpc) is 3.02. The fraction of sp³-hybridized carbons (Fsp3) is 0.278. The van der Waals surface area contributed by atoms with E-state index < -0.39 is 39.9 Å². The van der Waals surface area contributed by atoms with Gasteiger partial charge in [-0.3, -0.25) is 13.9 Å². The lowest BCUT2D eigenvalue weighted by molar-refractivity contribution is -0.140. The average molecular weight is 646 g/mol. The number of nitrogens with one attached hydrogen (secondary N) is 1. The Balaban J connectivity index is 1.82. The molecule has 8 nitrogen and oxygen atoms in total. The molecule has 2 amide bonds. The molecule has 0 saturated heterocycles. The van der Waals surface area contributed by atoms with E-state index in [-0.39, 0.29) is 29.5 Å². The van der Waals surface area contributed by atoms with Crippen LogP contribution in [0, 0.1) is 12.7 Å². The number of hydrogen-bond donors (Lipinski definition) is 1. The summed E-state index contributed by atoms with van der Waals surface area (Å²) in [7, 11) is -2.75. The first-order chi connectivity index (χ1) is 21.8. The number of amides is 2. The first kappa shape index (κ1) is 34.2. The van der Waals surface area contributed by atoms with Crippen molar-refractivity contribution in [1.82, 2.24) is 10.2 Å². The zero-order valence-corrected chi connectivity index (χ0v) is 27.6. The number of rotatable bonds is 12. The lowest BCUT2D eigenvalue weighted by Crippen LogP contribution is -2.56. The number of carbonyl (C=O) groups is 2. The molecular formula is C36H40FN3O5S. The summed E-state index contributed by atoms with van der Waals surface area (Å²) in [4.78, 5) is 29.9.